The van der Waals surface area contributed by atoms with Crippen molar-refractivity contribution in [1.82, 2.24) is 10.6 Å². The molecule has 4 atom stereocenters. The number of aliphatic hydroxyl groups is 2. The number of piperidine rings is 2. The van der Waals surface area contributed by atoms with Crippen LogP contribution < -0.4 is 20.1 Å². The summed E-state index contributed by atoms with van der Waals surface area (Å²) in [6, 6.07) is 16.0. The van der Waals surface area contributed by atoms with E-state index in [-0.39, 0.29) is 11.9 Å². The number of hydrogen-bond donors (Lipinski definition) is 6. The van der Waals surface area contributed by atoms with Crippen molar-refractivity contribution in [3.63, 3.8) is 0 Å². The van der Waals surface area contributed by atoms with E-state index >= 15 is 0 Å². The second-order valence-electron chi connectivity index (χ2n) is 13.0. The van der Waals surface area contributed by atoms with Gasteiger partial charge in [-0.05, 0) is 114 Å². The maximum atomic E-state index is 11.7. The van der Waals surface area contributed by atoms with E-state index in [9.17, 15) is 19.2 Å². The smallest absolute Gasteiger partial charge is 0.349 e. The molecule has 50 heavy (non-hydrogen) atoms. The number of carbonyl (C=O) groups is 4. The lowest BCUT2D eigenvalue weighted by Crippen LogP contribution is -2.39. The first-order valence-electron chi connectivity index (χ1n) is 16.5. The summed E-state index contributed by atoms with van der Waals surface area (Å²) in [5, 5.41) is 39.4. The summed E-state index contributed by atoms with van der Waals surface area (Å²) in [6.45, 7) is 11.1. The van der Waals surface area contributed by atoms with E-state index < -0.39 is 35.3 Å². The van der Waals surface area contributed by atoms with Gasteiger partial charge in [-0.1, -0.05) is 24.3 Å². The average molecular weight is 705 g/mol. The van der Waals surface area contributed by atoms with E-state index in [2.05, 4.69) is 22.8 Å². The standard InChI is InChI=1S/2C16H23NO3.C4H6O6/c2*1-16(2,15(18)19-3)20-14-8-4-6-12(10-14)13-7-5-9-17-11-13;5-1(3(7)8)2(6)4(9)10/h2*4,6,8,10,13,17H,5,7,9,11H2,1-3H3;1-2,5-6H,(H,7,8)(H,9,10). The van der Waals surface area contributed by atoms with Crippen LogP contribution in [0.15, 0.2) is 48.5 Å². The average Bonchev–Trinajstić information content (AvgIpc) is 3.11. The molecule has 2 aliphatic rings. The molecule has 0 aliphatic carbocycles. The van der Waals surface area contributed by atoms with E-state index in [1.54, 1.807) is 27.7 Å². The first-order chi connectivity index (χ1) is 23.5. The predicted molar refractivity (Wildman–Crippen MR) is 183 cm³/mol. The molecular weight excluding hydrogens is 652 g/mol. The molecular formula is C36H52N2O12. The summed E-state index contributed by atoms with van der Waals surface area (Å²) in [4.78, 5) is 42.9. The molecule has 2 aromatic carbocycles. The number of rotatable bonds is 11. The number of carbonyl (C=O) groups excluding carboxylic acids is 2. The van der Waals surface area contributed by atoms with Crippen molar-refractivity contribution in [3.05, 3.63) is 59.7 Å². The third kappa shape index (κ3) is 13.2. The quantitative estimate of drug-likeness (QED) is 0.186. The molecule has 2 saturated heterocycles. The Hall–Kier alpha value is -4.24. The predicted octanol–water partition coefficient (Wildman–Crippen LogP) is 2.85. The summed E-state index contributed by atoms with van der Waals surface area (Å²) in [5.41, 5.74) is 0.571. The highest BCUT2D eigenvalue weighted by atomic mass is 16.6. The number of carboxylic acid groups (broad SMARTS) is 2. The number of nitrogens with one attached hydrogen (secondary N) is 2. The maximum Gasteiger partial charge on any atom is 0.349 e. The zero-order valence-electron chi connectivity index (χ0n) is 29.6. The van der Waals surface area contributed by atoms with Gasteiger partial charge >= 0.3 is 23.9 Å². The molecule has 0 spiro atoms. The number of esters is 2. The molecule has 2 fully saturated rings. The molecule has 0 amide bonds. The molecule has 6 N–H and O–H groups in total. The number of aliphatic hydroxyl groups excluding tert-OH is 2. The van der Waals surface area contributed by atoms with Crippen LogP contribution in [0, 0.1) is 0 Å². The van der Waals surface area contributed by atoms with Gasteiger partial charge in [-0.15, -0.1) is 0 Å². The lowest BCUT2D eigenvalue weighted by Gasteiger charge is -2.26. The van der Waals surface area contributed by atoms with Gasteiger partial charge in [0, 0.05) is 13.1 Å². The van der Waals surface area contributed by atoms with Crippen molar-refractivity contribution >= 4 is 23.9 Å². The molecule has 2 heterocycles. The zero-order chi connectivity index (χ0) is 37.5. The van der Waals surface area contributed by atoms with Gasteiger partial charge in [0.25, 0.3) is 0 Å². The Labute approximate surface area is 293 Å². The number of ether oxygens (including phenoxy) is 4. The van der Waals surface area contributed by atoms with Gasteiger partial charge in [0.15, 0.2) is 23.4 Å². The van der Waals surface area contributed by atoms with Crippen LogP contribution in [0.4, 0.5) is 0 Å². The van der Waals surface area contributed by atoms with Crippen molar-refractivity contribution < 1.29 is 58.6 Å². The largest absolute Gasteiger partial charge is 0.479 e. The fourth-order valence-electron chi connectivity index (χ4n) is 5.37. The topological polar surface area (TPSA) is 210 Å². The van der Waals surface area contributed by atoms with E-state index in [1.807, 2.05) is 36.4 Å². The van der Waals surface area contributed by atoms with Crippen LogP contribution in [0.2, 0.25) is 0 Å². The molecule has 278 valence electrons. The van der Waals surface area contributed by atoms with Gasteiger partial charge < -0.3 is 50.0 Å². The summed E-state index contributed by atoms with van der Waals surface area (Å²) in [5.74, 6) is -1.82. The fourth-order valence-corrected chi connectivity index (χ4v) is 5.37. The highest BCUT2D eigenvalue weighted by Gasteiger charge is 2.32. The molecule has 2 aliphatic heterocycles. The molecule has 0 radical (unpaired) electrons. The molecule has 14 heteroatoms. The normalized spacial score (nSPS) is 18.7. The molecule has 2 aromatic rings. The summed E-state index contributed by atoms with van der Waals surface area (Å²) < 4.78 is 21.1. The lowest BCUT2D eigenvalue weighted by atomic mass is 9.91. The monoisotopic (exact) mass is 704 g/mol. The van der Waals surface area contributed by atoms with Crippen LogP contribution in [0.25, 0.3) is 0 Å². The van der Waals surface area contributed by atoms with Crippen molar-refractivity contribution in [2.45, 2.75) is 88.6 Å². The molecule has 14 nitrogen and oxygen atoms in total. The van der Waals surface area contributed by atoms with Crippen LogP contribution in [0.3, 0.4) is 0 Å². The number of methoxy groups -OCH3 is 2. The number of carboxylic acids is 2. The molecule has 4 rings (SSSR count). The number of benzene rings is 2. The highest BCUT2D eigenvalue weighted by Crippen LogP contribution is 2.29. The second kappa shape index (κ2) is 19.8. The third-order valence-corrected chi connectivity index (χ3v) is 8.16. The Bertz CT molecular complexity index is 1300. The van der Waals surface area contributed by atoms with Gasteiger partial charge in [0.05, 0.1) is 14.2 Å². The van der Waals surface area contributed by atoms with E-state index in [0.29, 0.717) is 23.3 Å². The van der Waals surface area contributed by atoms with Crippen LogP contribution >= 0.6 is 0 Å². The summed E-state index contributed by atoms with van der Waals surface area (Å²) >= 11 is 0. The number of hydrogen-bond acceptors (Lipinski definition) is 12. The minimum atomic E-state index is -2.27. The molecule has 0 bridgehead atoms. The fraction of sp³-hybridized carbons (Fsp3) is 0.556. The van der Waals surface area contributed by atoms with Crippen LogP contribution in [0.5, 0.6) is 11.5 Å². The van der Waals surface area contributed by atoms with E-state index in [1.165, 1.54) is 51.0 Å². The van der Waals surface area contributed by atoms with Crippen LogP contribution in [-0.4, -0.2) is 108 Å². The highest BCUT2D eigenvalue weighted by molar-refractivity contribution is 5.83. The van der Waals surface area contributed by atoms with Gasteiger partial charge in [0.2, 0.25) is 0 Å². The van der Waals surface area contributed by atoms with Crippen LogP contribution in [-0.2, 0) is 28.7 Å². The minimum absolute atomic E-state index is 0.373. The van der Waals surface area contributed by atoms with Gasteiger partial charge in [-0.3, -0.25) is 0 Å². The van der Waals surface area contributed by atoms with Gasteiger partial charge in [-0.2, -0.15) is 0 Å². The second-order valence-corrected chi connectivity index (χ2v) is 13.0. The van der Waals surface area contributed by atoms with E-state index in [4.69, 9.17) is 39.4 Å². The van der Waals surface area contributed by atoms with Crippen molar-refractivity contribution in [2.75, 3.05) is 40.4 Å². The Morgan fingerprint density at radius 2 is 1.04 bits per heavy atom. The zero-order valence-corrected chi connectivity index (χ0v) is 29.6. The molecule has 0 saturated carbocycles. The SMILES string of the molecule is COC(=O)C(C)(C)Oc1cccc(C2CCCNC2)c1.COC(=O)C(C)(C)Oc1cccc(C2CCCNC2)c1.O=C(O)C(O)C(O)C(=O)O. The van der Waals surface area contributed by atoms with Crippen molar-refractivity contribution in [2.24, 2.45) is 0 Å². The maximum absolute atomic E-state index is 11.7. The summed E-state index contributed by atoms with van der Waals surface area (Å²) in [7, 11) is 2.75. The van der Waals surface area contributed by atoms with Crippen molar-refractivity contribution in [1.29, 1.82) is 0 Å². The first kappa shape index (κ1) is 41.9. The number of aliphatic carboxylic acids is 2. The lowest BCUT2D eigenvalue weighted by molar-refractivity contribution is -0.165. The van der Waals surface area contributed by atoms with Crippen LogP contribution in [0.1, 0.15) is 76.3 Å². The van der Waals surface area contributed by atoms with E-state index in [0.717, 1.165) is 26.2 Å². The Kier molecular flexibility index (Phi) is 16.6. The minimum Gasteiger partial charge on any atom is -0.479 e. The third-order valence-electron chi connectivity index (χ3n) is 8.16. The van der Waals surface area contributed by atoms with Gasteiger partial charge in [0.1, 0.15) is 11.5 Å². The van der Waals surface area contributed by atoms with Gasteiger partial charge in [-0.25, -0.2) is 19.2 Å². The molecule has 4 unspecified atom stereocenters. The Morgan fingerprint density at radius 3 is 1.32 bits per heavy atom. The van der Waals surface area contributed by atoms with Crippen molar-refractivity contribution in [3.8, 4) is 11.5 Å². The summed E-state index contributed by atoms with van der Waals surface area (Å²) in [6.07, 6.45) is 0.246. The molecule has 0 aromatic heterocycles. The Morgan fingerprint density at radius 1 is 0.680 bits per heavy atom. The Balaban J connectivity index is 0.000000276. The first-order valence-corrected chi connectivity index (χ1v) is 16.5.